The highest BCUT2D eigenvalue weighted by Crippen LogP contribution is 2.28. The predicted octanol–water partition coefficient (Wildman–Crippen LogP) is 2.81. The standard InChI is InChI=1S/C18H19N5O2/c1-24-14-9-8-12(10-15(14)25-2)11-16-21-17(19)23-18(22-16)20-13-6-4-3-5-7-13/h3-10H,11H2,1-2H3,(H3,19,20,21,22,23). The molecule has 2 aromatic carbocycles. The lowest BCUT2D eigenvalue weighted by atomic mass is 10.1. The Kier molecular flexibility index (Phi) is 4.94. The number of benzene rings is 2. The molecule has 0 spiro atoms. The van der Waals surface area contributed by atoms with Crippen molar-refractivity contribution in [3.63, 3.8) is 0 Å². The second-order valence-electron chi connectivity index (χ2n) is 5.29. The summed E-state index contributed by atoms with van der Waals surface area (Å²) in [5.74, 6) is 2.48. The SMILES string of the molecule is COc1ccc(Cc2nc(N)nc(Nc3ccccc3)n2)cc1OC. The zero-order chi connectivity index (χ0) is 17.6. The van der Waals surface area contributed by atoms with Gasteiger partial charge in [-0.15, -0.1) is 0 Å². The summed E-state index contributed by atoms with van der Waals surface area (Å²) in [6, 6.07) is 15.3. The normalized spacial score (nSPS) is 10.3. The number of nitrogen functional groups attached to an aromatic ring is 1. The Labute approximate surface area is 145 Å². The zero-order valence-electron chi connectivity index (χ0n) is 14.1. The highest BCUT2D eigenvalue weighted by Gasteiger charge is 2.09. The van der Waals surface area contributed by atoms with E-state index in [4.69, 9.17) is 15.2 Å². The number of nitrogens with one attached hydrogen (secondary N) is 1. The maximum Gasteiger partial charge on any atom is 0.232 e. The first-order valence-electron chi connectivity index (χ1n) is 7.71. The van der Waals surface area contributed by atoms with Crippen molar-refractivity contribution >= 4 is 17.6 Å². The number of hydrogen-bond donors (Lipinski definition) is 2. The summed E-state index contributed by atoms with van der Waals surface area (Å²) in [5.41, 5.74) is 7.68. The maximum absolute atomic E-state index is 5.82. The molecule has 0 fully saturated rings. The number of rotatable bonds is 6. The van der Waals surface area contributed by atoms with Crippen LogP contribution >= 0.6 is 0 Å². The van der Waals surface area contributed by atoms with Crippen molar-refractivity contribution in [3.8, 4) is 11.5 Å². The second kappa shape index (κ2) is 7.48. The molecular weight excluding hydrogens is 318 g/mol. The van der Waals surface area contributed by atoms with Gasteiger partial charge in [-0.05, 0) is 29.8 Å². The van der Waals surface area contributed by atoms with Crippen LogP contribution in [0.1, 0.15) is 11.4 Å². The lowest BCUT2D eigenvalue weighted by Crippen LogP contribution is -2.07. The minimum Gasteiger partial charge on any atom is -0.493 e. The number of anilines is 3. The number of nitrogens with zero attached hydrogens (tertiary/aromatic N) is 3. The summed E-state index contributed by atoms with van der Waals surface area (Å²) in [4.78, 5) is 12.8. The lowest BCUT2D eigenvalue weighted by Gasteiger charge is -2.10. The first-order chi connectivity index (χ1) is 12.2. The fourth-order valence-electron chi connectivity index (χ4n) is 2.40. The van der Waals surface area contributed by atoms with Gasteiger partial charge in [0.1, 0.15) is 5.82 Å². The van der Waals surface area contributed by atoms with Crippen LogP contribution in [-0.4, -0.2) is 29.2 Å². The molecule has 0 bridgehead atoms. The Morgan fingerprint density at radius 2 is 1.68 bits per heavy atom. The molecule has 0 unspecified atom stereocenters. The molecule has 0 saturated heterocycles. The molecule has 0 aliphatic heterocycles. The van der Waals surface area contributed by atoms with Gasteiger partial charge in [0, 0.05) is 12.1 Å². The van der Waals surface area contributed by atoms with Gasteiger partial charge >= 0.3 is 0 Å². The Morgan fingerprint density at radius 1 is 0.920 bits per heavy atom. The van der Waals surface area contributed by atoms with Crippen molar-refractivity contribution in [2.75, 3.05) is 25.3 Å². The zero-order valence-corrected chi connectivity index (χ0v) is 14.1. The van der Waals surface area contributed by atoms with E-state index in [9.17, 15) is 0 Å². The first-order valence-corrected chi connectivity index (χ1v) is 7.71. The quantitative estimate of drug-likeness (QED) is 0.714. The van der Waals surface area contributed by atoms with E-state index in [1.54, 1.807) is 14.2 Å². The van der Waals surface area contributed by atoms with Crippen LogP contribution in [0.4, 0.5) is 17.6 Å². The molecule has 0 atom stereocenters. The van der Waals surface area contributed by atoms with Crippen LogP contribution in [0.15, 0.2) is 48.5 Å². The number of methoxy groups -OCH3 is 2. The number of ether oxygens (including phenoxy) is 2. The van der Waals surface area contributed by atoms with Gasteiger partial charge in [0.2, 0.25) is 11.9 Å². The molecule has 7 heteroatoms. The van der Waals surface area contributed by atoms with E-state index < -0.39 is 0 Å². The number of para-hydroxylation sites is 1. The monoisotopic (exact) mass is 337 g/mol. The van der Waals surface area contributed by atoms with Crippen molar-refractivity contribution in [2.45, 2.75) is 6.42 Å². The van der Waals surface area contributed by atoms with Crippen LogP contribution < -0.4 is 20.5 Å². The molecule has 0 radical (unpaired) electrons. The summed E-state index contributed by atoms with van der Waals surface area (Å²) in [6.45, 7) is 0. The van der Waals surface area contributed by atoms with Gasteiger partial charge in [-0.1, -0.05) is 24.3 Å². The van der Waals surface area contributed by atoms with Gasteiger partial charge in [0.05, 0.1) is 14.2 Å². The van der Waals surface area contributed by atoms with E-state index >= 15 is 0 Å². The molecule has 3 aromatic rings. The van der Waals surface area contributed by atoms with Crippen LogP contribution in [0.2, 0.25) is 0 Å². The fraction of sp³-hybridized carbons (Fsp3) is 0.167. The van der Waals surface area contributed by atoms with E-state index in [0.717, 1.165) is 11.3 Å². The number of aromatic nitrogens is 3. The largest absolute Gasteiger partial charge is 0.493 e. The molecule has 0 aliphatic carbocycles. The third-order valence-corrected chi connectivity index (χ3v) is 3.54. The molecule has 0 aliphatic rings. The molecule has 3 rings (SSSR count). The van der Waals surface area contributed by atoms with Crippen LogP contribution in [0.5, 0.6) is 11.5 Å². The summed E-state index contributed by atoms with van der Waals surface area (Å²) in [7, 11) is 3.20. The molecule has 7 nitrogen and oxygen atoms in total. The molecule has 1 aromatic heterocycles. The Hall–Kier alpha value is -3.35. The Morgan fingerprint density at radius 3 is 2.40 bits per heavy atom. The molecule has 3 N–H and O–H groups in total. The van der Waals surface area contributed by atoms with Crippen LogP contribution in [0, 0.1) is 0 Å². The summed E-state index contributed by atoms with van der Waals surface area (Å²) < 4.78 is 10.6. The topological polar surface area (TPSA) is 95.2 Å². The first kappa shape index (κ1) is 16.5. The van der Waals surface area contributed by atoms with Crippen molar-refractivity contribution < 1.29 is 9.47 Å². The van der Waals surface area contributed by atoms with E-state index in [-0.39, 0.29) is 5.95 Å². The molecule has 1 heterocycles. The third-order valence-electron chi connectivity index (χ3n) is 3.54. The van der Waals surface area contributed by atoms with Crippen LogP contribution in [-0.2, 0) is 6.42 Å². The second-order valence-corrected chi connectivity index (χ2v) is 5.29. The van der Waals surface area contributed by atoms with E-state index in [1.165, 1.54) is 0 Å². The summed E-state index contributed by atoms with van der Waals surface area (Å²) in [5, 5.41) is 3.12. The summed E-state index contributed by atoms with van der Waals surface area (Å²) in [6.07, 6.45) is 0.497. The minimum absolute atomic E-state index is 0.170. The van der Waals surface area contributed by atoms with Gasteiger partial charge < -0.3 is 20.5 Å². The highest BCUT2D eigenvalue weighted by atomic mass is 16.5. The van der Waals surface area contributed by atoms with Gasteiger partial charge in [-0.3, -0.25) is 0 Å². The van der Waals surface area contributed by atoms with Crippen LogP contribution in [0.3, 0.4) is 0 Å². The predicted molar refractivity (Wildman–Crippen MR) is 96.3 cm³/mol. The van der Waals surface area contributed by atoms with E-state index in [1.807, 2.05) is 48.5 Å². The Balaban J connectivity index is 1.83. The molecular formula is C18H19N5O2. The Bertz CT molecular complexity index is 855. The summed E-state index contributed by atoms with van der Waals surface area (Å²) >= 11 is 0. The average molecular weight is 337 g/mol. The minimum atomic E-state index is 0.170. The molecule has 0 saturated carbocycles. The molecule has 128 valence electrons. The van der Waals surface area contributed by atoms with Gasteiger partial charge in [0.25, 0.3) is 0 Å². The van der Waals surface area contributed by atoms with E-state index in [2.05, 4.69) is 20.3 Å². The van der Waals surface area contributed by atoms with Crippen molar-refractivity contribution in [1.29, 1.82) is 0 Å². The molecule has 25 heavy (non-hydrogen) atoms. The number of nitrogens with two attached hydrogens (primary N) is 1. The fourth-order valence-corrected chi connectivity index (χ4v) is 2.40. The van der Waals surface area contributed by atoms with Gasteiger partial charge in [-0.25, -0.2) is 0 Å². The van der Waals surface area contributed by atoms with Crippen LogP contribution in [0.25, 0.3) is 0 Å². The van der Waals surface area contributed by atoms with Crippen molar-refractivity contribution in [2.24, 2.45) is 0 Å². The van der Waals surface area contributed by atoms with Gasteiger partial charge in [-0.2, -0.15) is 15.0 Å². The highest BCUT2D eigenvalue weighted by molar-refractivity contribution is 5.53. The number of hydrogen-bond acceptors (Lipinski definition) is 7. The third kappa shape index (κ3) is 4.14. The van der Waals surface area contributed by atoms with Gasteiger partial charge in [0.15, 0.2) is 11.5 Å². The maximum atomic E-state index is 5.82. The van der Waals surface area contributed by atoms with Crippen molar-refractivity contribution in [3.05, 3.63) is 59.9 Å². The van der Waals surface area contributed by atoms with Crippen molar-refractivity contribution in [1.82, 2.24) is 15.0 Å². The van der Waals surface area contributed by atoms with E-state index in [0.29, 0.717) is 29.7 Å². The molecule has 0 amide bonds. The average Bonchev–Trinajstić information content (AvgIpc) is 2.62. The smallest absolute Gasteiger partial charge is 0.232 e. The lowest BCUT2D eigenvalue weighted by molar-refractivity contribution is 0.354.